The van der Waals surface area contributed by atoms with E-state index in [9.17, 15) is 18.0 Å². The molecule has 1 rings (SSSR count). The van der Waals surface area contributed by atoms with Crippen molar-refractivity contribution in [2.75, 3.05) is 13.6 Å². The Bertz CT molecular complexity index is 577. The number of rotatable bonds is 6. The lowest BCUT2D eigenvalue weighted by atomic mass is 10.1. The number of carbonyl (C=O) groups excluding carboxylic acids is 1. The SMILES string of the molecule is CCC(=O)c1ccc(S(=O)(=O)N(C)CC(=O)O)cc1. The number of hydrogen-bond donors (Lipinski definition) is 1. The van der Waals surface area contributed by atoms with E-state index >= 15 is 0 Å². The first-order valence-electron chi connectivity index (χ1n) is 5.60. The summed E-state index contributed by atoms with van der Waals surface area (Å²) in [6.45, 7) is 1.10. The normalized spacial score (nSPS) is 11.5. The standard InChI is InChI=1S/C12H15NO5S/c1-3-11(14)9-4-6-10(7-5-9)19(17,18)13(2)8-12(15)16/h4-7H,3,8H2,1-2H3,(H,15,16). The van der Waals surface area contributed by atoms with Crippen molar-refractivity contribution in [1.29, 1.82) is 0 Å². The number of benzene rings is 1. The molecule has 1 aromatic rings. The minimum absolute atomic E-state index is 0.0381. The van der Waals surface area contributed by atoms with Crippen LogP contribution in [0.4, 0.5) is 0 Å². The van der Waals surface area contributed by atoms with Crippen LogP contribution in [0.15, 0.2) is 29.2 Å². The van der Waals surface area contributed by atoms with Crippen molar-refractivity contribution in [1.82, 2.24) is 4.31 Å². The molecular weight excluding hydrogens is 270 g/mol. The molecule has 0 spiro atoms. The molecule has 6 nitrogen and oxygen atoms in total. The summed E-state index contributed by atoms with van der Waals surface area (Å²) in [4.78, 5) is 21.9. The van der Waals surface area contributed by atoms with Crippen LogP contribution in [-0.2, 0) is 14.8 Å². The van der Waals surface area contributed by atoms with E-state index < -0.39 is 22.5 Å². The second kappa shape index (κ2) is 5.94. The molecule has 0 unspecified atom stereocenters. The van der Waals surface area contributed by atoms with Crippen LogP contribution < -0.4 is 0 Å². The highest BCUT2D eigenvalue weighted by Gasteiger charge is 2.22. The van der Waals surface area contributed by atoms with Crippen molar-refractivity contribution < 1.29 is 23.1 Å². The van der Waals surface area contributed by atoms with Crippen LogP contribution in [0.1, 0.15) is 23.7 Å². The highest BCUT2D eigenvalue weighted by molar-refractivity contribution is 7.89. The number of hydrogen-bond acceptors (Lipinski definition) is 4. The van der Waals surface area contributed by atoms with Crippen LogP contribution in [0.2, 0.25) is 0 Å². The van der Waals surface area contributed by atoms with Gasteiger partial charge in [-0.1, -0.05) is 19.1 Å². The van der Waals surface area contributed by atoms with Crippen LogP contribution in [0.5, 0.6) is 0 Å². The van der Waals surface area contributed by atoms with Crippen LogP contribution >= 0.6 is 0 Å². The number of likely N-dealkylation sites (N-methyl/N-ethyl adjacent to an activating group) is 1. The minimum Gasteiger partial charge on any atom is -0.480 e. The summed E-state index contributed by atoms with van der Waals surface area (Å²) < 4.78 is 24.7. The van der Waals surface area contributed by atoms with E-state index in [0.717, 1.165) is 4.31 Å². The van der Waals surface area contributed by atoms with Gasteiger partial charge in [0.15, 0.2) is 5.78 Å². The zero-order valence-electron chi connectivity index (χ0n) is 10.7. The van der Waals surface area contributed by atoms with Gasteiger partial charge in [0.2, 0.25) is 10.0 Å². The van der Waals surface area contributed by atoms with Crippen molar-refractivity contribution in [3.05, 3.63) is 29.8 Å². The maximum absolute atomic E-state index is 12.0. The fourth-order valence-electron chi connectivity index (χ4n) is 1.47. The maximum atomic E-state index is 12.0. The maximum Gasteiger partial charge on any atom is 0.318 e. The molecule has 0 bridgehead atoms. The van der Waals surface area contributed by atoms with Crippen LogP contribution in [0.25, 0.3) is 0 Å². The second-order valence-corrected chi connectivity index (χ2v) is 6.00. The Balaban J connectivity index is 3.03. The summed E-state index contributed by atoms with van der Waals surface area (Å²) in [5.41, 5.74) is 0.433. The summed E-state index contributed by atoms with van der Waals surface area (Å²) in [6.07, 6.45) is 0.338. The lowest BCUT2D eigenvalue weighted by molar-refractivity contribution is -0.137. The molecule has 0 aliphatic rings. The van der Waals surface area contributed by atoms with Crippen molar-refractivity contribution in [2.24, 2.45) is 0 Å². The van der Waals surface area contributed by atoms with Gasteiger partial charge in [-0.15, -0.1) is 0 Å². The Kier molecular flexibility index (Phi) is 4.79. The van der Waals surface area contributed by atoms with E-state index in [2.05, 4.69) is 0 Å². The quantitative estimate of drug-likeness (QED) is 0.787. The topological polar surface area (TPSA) is 91.8 Å². The Morgan fingerprint density at radius 1 is 1.21 bits per heavy atom. The predicted molar refractivity (Wildman–Crippen MR) is 68.5 cm³/mol. The van der Waals surface area contributed by atoms with E-state index in [1.54, 1.807) is 6.92 Å². The summed E-state index contributed by atoms with van der Waals surface area (Å²) in [5.74, 6) is -1.31. The van der Waals surface area contributed by atoms with E-state index in [4.69, 9.17) is 5.11 Å². The summed E-state index contributed by atoms with van der Waals surface area (Å²) in [7, 11) is -2.65. The molecule has 19 heavy (non-hydrogen) atoms. The Morgan fingerprint density at radius 2 is 1.74 bits per heavy atom. The van der Waals surface area contributed by atoms with Gasteiger partial charge in [-0.05, 0) is 12.1 Å². The molecule has 0 fully saturated rings. The van der Waals surface area contributed by atoms with E-state index in [1.165, 1.54) is 31.3 Å². The molecule has 7 heteroatoms. The third kappa shape index (κ3) is 3.62. The number of carbonyl (C=O) groups is 2. The number of aliphatic carboxylic acids is 1. The highest BCUT2D eigenvalue weighted by Crippen LogP contribution is 2.15. The number of Topliss-reactive ketones (excluding diaryl/α,β-unsaturated/α-hetero) is 1. The molecule has 0 aliphatic carbocycles. The fraction of sp³-hybridized carbons (Fsp3) is 0.333. The van der Waals surface area contributed by atoms with Gasteiger partial charge >= 0.3 is 5.97 Å². The Hall–Kier alpha value is -1.73. The van der Waals surface area contributed by atoms with Gasteiger partial charge in [-0.25, -0.2) is 8.42 Å². The van der Waals surface area contributed by atoms with Gasteiger partial charge in [-0.2, -0.15) is 4.31 Å². The van der Waals surface area contributed by atoms with Crippen molar-refractivity contribution in [3.8, 4) is 0 Å². The smallest absolute Gasteiger partial charge is 0.318 e. The van der Waals surface area contributed by atoms with Gasteiger partial charge in [0, 0.05) is 19.0 Å². The Labute approximate surface area is 111 Å². The summed E-state index contributed by atoms with van der Waals surface area (Å²) in [6, 6.07) is 5.45. The molecule has 0 aromatic heterocycles. The summed E-state index contributed by atoms with van der Waals surface area (Å²) >= 11 is 0. The number of carboxylic acid groups (broad SMARTS) is 1. The number of sulfonamides is 1. The third-order valence-electron chi connectivity index (χ3n) is 2.56. The molecule has 0 atom stereocenters. The first-order valence-corrected chi connectivity index (χ1v) is 7.04. The van der Waals surface area contributed by atoms with E-state index in [0.29, 0.717) is 12.0 Å². The van der Waals surface area contributed by atoms with Crippen molar-refractivity contribution in [3.63, 3.8) is 0 Å². The molecule has 0 radical (unpaired) electrons. The summed E-state index contributed by atoms with van der Waals surface area (Å²) in [5, 5.41) is 8.59. The van der Waals surface area contributed by atoms with Gasteiger partial charge < -0.3 is 5.11 Å². The molecular formula is C12H15NO5S. The van der Waals surface area contributed by atoms with Crippen LogP contribution in [-0.4, -0.2) is 43.2 Å². The van der Waals surface area contributed by atoms with Gasteiger partial charge in [0.25, 0.3) is 0 Å². The number of carboxylic acids is 1. The molecule has 0 amide bonds. The van der Waals surface area contributed by atoms with E-state index in [1.807, 2.05) is 0 Å². The lowest BCUT2D eigenvalue weighted by Crippen LogP contribution is -2.32. The first-order chi connectivity index (χ1) is 8.78. The lowest BCUT2D eigenvalue weighted by Gasteiger charge is -2.14. The number of ketones is 1. The third-order valence-corrected chi connectivity index (χ3v) is 4.38. The molecule has 104 valence electrons. The minimum atomic E-state index is -3.84. The highest BCUT2D eigenvalue weighted by atomic mass is 32.2. The largest absolute Gasteiger partial charge is 0.480 e. The molecule has 0 saturated heterocycles. The molecule has 0 heterocycles. The van der Waals surface area contributed by atoms with Gasteiger partial charge in [0.1, 0.15) is 6.54 Å². The zero-order chi connectivity index (χ0) is 14.6. The predicted octanol–water partition coefficient (Wildman–Crippen LogP) is 0.984. The molecule has 1 aromatic carbocycles. The van der Waals surface area contributed by atoms with E-state index in [-0.39, 0.29) is 10.7 Å². The van der Waals surface area contributed by atoms with Crippen molar-refractivity contribution >= 4 is 21.8 Å². The van der Waals surface area contributed by atoms with Crippen LogP contribution in [0, 0.1) is 0 Å². The van der Waals surface area contributed by atoms with Gasteiger partial charge in [-0.3, -0.25) is 9.59 Å². The van der Waals surface area contributed by atoms with Crippen molar-refractivity contribution in [2.45, 2.75) is 18.2 Å². The average molecular weight is 285 g/mol. The Morgan fingerprint density at radius 3 is 2.16 bits per heavy atom. The molecule has 1 N–H and O–H groups in total. The van der Waals surface area contributed by atoms with Gasteiger partial charge in [0.05, 0.1) is 4.90 Å². The molecule has 0 saturated carbocycles. The average Bonchev–Trinajstić information content (AvgIpc) is 2.37. The zero-order valence-corrected chi connectivity index (χ0v) is 11.5. The monoisotopic (exact) mass is 285 g/mol. The first kappa shape index (κ1) is 15.3. The second-order valence-electron chi connectivity index (χ2n) is 3.96. The number of nitrogens with zero attached hydrogens (tertiary/aromatic N) is 1. The fourth-order valence-corrected chi connectivity index (χ4v) is 2.59. The molecule has 0 aliphatic heterocycles. The van der Waals surface area contributed by atoms with Crippen LogP contribution in [0.3, 0.4) is 0 Å².